The maximum Gasteiger partial charge on any atom is 0.339 e. The number of sulfone groups is 2. The zero-order valence-electron chi connectivity index (χ0n) is 18.2. The Kier molecular flexibility index (Phi) is 7.76. The van der Waals surface area contributed by atoms with E-state index in [1.54, 1.807) is 0 Å². The summed E-state index contributed by atoms with van der Waals surface area (Å²) in [6.45, 7) is 0. The van der Waals surface area contributed by atoms with Gasteiger partial charge in [-0.25, -0.2) is 21.6 Å². The average Bonchev–Trinajstić information content (AvgIpc) is 2.73. The highest BCUT2D eigenvalue weighted by Gasteiger charge is 2.56. The molecule has 0 unspecified atom stereocenters. The van der Waals surface area contributed by atoms with Gasteiger partial charge in [0.25, 0.3) is 0 Å². The van der Waals surface area contributed by atoms with Crippen molar-refractivity contribution >= 4 is 93.4 Å². The van der Waals surface area contributed by atoms with Crippen LogP contribution in [0, 0.1) is 10.7 Å². The summed E-state index contributed by atoms with van der Waals surface area (Å²) in [6, 6.07) is 3.83. The Hall–Kier alpha value is 0.740. The predicted octanol–water partition coefficient (Wildman–Crippen LogP) is 3.65. The first-order valence-corrected chi connectivity index (χ1v) is 17.6. The van der Waals surface area contributed by atoms with E-state index in [9.17, 15) is 21.6 Å². The van der Waals surface area contributed by atoms with Crippen molar-refractivity contribution in [2.24, 2.45) is 0 Å². The molecule has 3 heterocycles. The molecule has 2 spiro atoms. The number of carbonyl (C=O) groups is 1. The van der Waals surface area contributed by atoms with Gasteiger partial charge in [-0.15, -0.1) is 0 Å². The van der Waals surface area contributed by atoms with Crippen molar-refractivity contribution < 1.29 is 26.4 Å². The van der Waals surface area contributed by atoms with Crippen LogP contribution >= 0.6 is 67.8 Å². The van der Waals surface area contributed by atoms with E-state index < -0.39 is 30.8 Å². The molecule has 0 saturated carbocycles. The average molecular weight is 833 g/mol. The van der Waals surface area contributed by atoms with Crippen LogP contribution in [0.5, 0.6) is 0 Å². The minimum absolute atomic E-state index is 0.110. The fourth-order valence-corrected chi connectivity index (χ4v) is 11.2. The molecule has 0 aromatic heterocycles. The maximum atomic E-state index is 13.2. The summed E-state index contributed by atoms with van der Waals surface area (Å²) < 4.78 is 57.7. The number of piperidine rings is 1. The first kappa shape index (κ1) is 26.8. The Morgan fingerprint density at radius 1 is 0.909 bits per heavy atom. The molecule has 3 fully saturated rings. The van der Waals surface area contributed by atoms with Crippen LogP contribution in [0.2, 0.25) is 0 Å². The number of rotatable bonds is 2. The fourth-order valence-electron chi connectivity index (χ4n) is 5.61. The van der Waals surface area contributed by atoms with Gasteiger partial charge >= 0.3 is 5.97 Å². The predicted molar refractivity (Wildman–Crippen MR) is 152 cm³/mol. The van der Waals surface area contributed by atoms with Gasteiger partial charge in [-0.05, 0) is 113 Å². The van der Waals surface area contributed by atoms with Crippen LogP contribution in [0.3, 0.4) is 0 Å². The molecular formula is C21H26I3NO6S2. The standard InChI is InChI=1S/C21H26I3NO6S2/c1-25-20(2-6-32(27,28)7-3-20)12-15(13-21(25)4-8-33(29,30)9-5-21)31-19(26)16-10-14(22)11-17(23)18(16)24/h10-11,15H,2-9,12-13H2,1H3. The van der Waals surface area contributed by atoms with E-state index in [-0.39, 0.29) is 35.1 Å². The number of ether oxygens (including phenoxy) is 1. The smallest absolute Gasteiger partial charge is 0.339 e. The molecule has 3 saturated heterocycles. The Labute approximate surface area is 236 Å². The minimum atomic E-state index is -3.07. The lowest BCUT2D eigenvalue weighted by atomic mass is 9.70. The van der Waals surface area contributed by atoms with Crippen molar-refractivity contribution in [1.29, 1.82) is 0 Å². The molecule has 3 aliphatic heterocycles. The highest BCUT2D eigenvalue weighted by molar-refractivity contribution is 14.1. The molecular weight excluding hydrogens is 807 g/mol. The summed E-state index contributed by atoms with van der Waals surface area (Å²) in [4.78, 5) is 15.5. The molecule has 33 heavy (non-hydrogen) atoms. The SMILES string of the molecule is CN1C2(CCS(=O)(=O)CC2)CC(OC(=O)c2cc(I)cc(I)c2I)CC12CCS(=O)(=O)CC2. The van der Waals surface area contributed by atoms with Gasteiger partial charge in [0, 0.05) is 34.6 Å². The molecule has 0 N–H and O–H groups in total. The second kappa shape index (κ2) is 9.56. The van der Waals surface area contributed by atoms with E-state index >= 15 is 0 Å². The summed E-state index contributed by atoms with van der Waals surface area (Å²) in [5, 5.41) is 0. The molecule has 4 rings (SSSR count). The van der Waals surface area contributed by atoms with Crippen LogP contribution in [0.4, 0.5) is 0 Å². The lowest BCUT2D eigenvalue weighted by molar-refractivity contribution is -0.108. The highest BCUT2D eigenvalue weighted by Crippen LogP contribution is 2.49. The lowest BCUT2D eigenvalue weighted by Gasteiger charge is -2.60. The number of carbonyl (C=O) groups excluding carboxylic acids is 1. The Morgan fingerprint density at radius 3 is 1.82 bits per heavy atom. The lowest BCUT2D eigenvalue weighted by Crippen LogP contribution is -2.68. The zero-order valence-corrected chi connectivity index (χ0v) is 26.3. The molecule has 1 aromatic rings. The van der Waals surface area contributed by atoms with Crippen LogP contribution in [0.1, 0.15) is 48.9 Å². The largest absolute Gasteiger partial charge is 0.459 e. The van der Waals surface area contributed by atoms with Gasteiger partial charge < -0.3 is 4.74 Å². The number of hydrogen-bond acceptors (Lipinski definition) is 7. The number of halogens is 3. The monoisotopic (exact) mass is 833 g/mol. The van der Waals surface area contributed by atoms with Gasteiger partial charge in [-0.2, -0.15) is 0 Å². The second-order valence-electron chi connectivity index (χ2n) is 9.50. The summed E-state index contributed by atoms with van der Waals surface area (Å²) in [5.41, 5.74) is -0.295. The second-order valence-corrected chi connectivity index (χ2v) is 17.6. The van der Waals surface area contributed by atoms with E-state index in [0.29, 0.717) is 44.1 Å². The van der Waals surface area contributed by atoms with Crippen LogP contribution in [-0.4, -0.2) is 74.9 Å². The quantitative estimate of drug-likeness (QED) is 0.255. The third-order valence-corrected chi connectivity index (χ3v) is 14.6. The summed E-state index contributed by atoms with van der Waals surface area (Å²) in [6.07, 6.45) is 2.66. The highest BCUT2D eigenvalue weighted by atomic mass is 127. The molecule has 0 radical (unpaired) electrons. The van der Waals surface area contributed by atoms with Crippen molar-refractivity contribution in [1.82, 2.24) is 4.90 Å². The van der Waals surface area contributed by atoms with Gasteiger partial charge in [0.1, 0.15) is 25.8 Å². The molecule has 12 heteroatoms. The molecule has 0 bridgehead atoms. The Morgan fingerprint density at radius 2 is 1.36 bits per heavy atom. The molecule has 0 atom stereocenters. The first-order valence-electron chi connectivity index (χ1n) is 10.8. The number of benzene rings is 1. The minimum Gasteiger partial charge on any atom is -0.459 e. The molecule has 0 aliphatic carbocycles. The summed E-state index contributed by atoms with van der Waals surface area (Å²) >= 11 is 6.55. The first-order chi connectivity index (χ1) is 15.3. The molecule has 184 valence electrons. The molecule has 3 aliphatic rings. The van der Waals surface area contributed by atoms with Gasteiger partial charge in [0.15, 0.2) is 0 Å². The zero-order chi connectivity index (χ0) is 24.2. The summed E-state index contributed by atoms with van der Waals surface area (Å²) in [7, 11) is -4.14. The van der Waals surface area contributed by atoms with Gasteiger partial charge in [-0.1, -0.05) is 0 Å². The van der Waals surface area contributed by atoms with E-state index in [1.807, 2.05) is 19.2 Å². The topological polar surface area (TPSA) is 97.8 Å². The van der Waals surface area contributed by atoms with E-state index in [4.69, 9.17) is 4.74 Å². The van der Waals surface area contributed by atoms with Crippen LogP contribution < -0.4 is 0 Å². The molecule has 1 aromatic carbocycles. The normalized spacial score (nSPS) is 26.3. The van der Waals surface area contributed by atoms with Gasteiger partial charge in [-0.3, -0.25) is 4.90 Å². The third kappa shape index (κ3) is 5.54. The van der Waals surface area contributed by atoms with Crippen molar-refractivity contribution in [2.45, 2.75) is 55.7 Å². The third-order valence-electron chi connectivity index (χ3n) is 7.64. The van der Waals surface area contributed by atoms with Crippen molar-refractivity contribution in [3.8, 4) is 0 Å². The number of hydrogen-bond donors (Lipinski definition) is 0. The van der Waals surface area contributed by atoms with E-state index in [0.717, 1.165) is 10.7 Å². The van der Waals surface area contributed by atoms with Gasteiger partial charge in [0.2, 0.25) is 0 Å². The maximum absolute atomic E-state index is 13.2. The number of nitrogens with zero attached hydrogens (tertiary/aromatic N) is 1. The van der Waals surface area contributed by atoms with Crippen LogP contribution in [0.15, 0.2) is 12.1 Å². The number of esters is 1. The summed E-state index contributed by atoms with van der Waals surface area (Å²) in [5.74, 6) is 0.0693. The van der Waals surface area contributed by atoms with Crippen LogP contribution in [-0.2, 0) is 24.4 Å². The Bertz CT molecular complexity index is 1100. The van der Waals surface area contributed by atoms with Crippen molar-refractivity contribution in [3.05, 3.63) is 28.4 Å². The molecule has 0 amide bonds. The molecule has 7 nitrogen and oxygen atoms in total. The Balaban J connectivity index is 1.65. The van der Waals surface area contributed by atoms with Crippen LogP contribution in [0.25, 0.3) is 0 Å². The number of likely N-dealkylation sites (tertiary alicyclic amines) is 1. The fraction of sp³-hybridized carbons (Fsp3) is 0.667. The van der Waals surface area contributed by atoms with Gasteiger partial charge in [0.05, 0.1) is 28.6 Å². The van der Waals surface area contributed by atoms with Crippen molar-refractivity contribution in [2.75, 3.05) is 30.1 Å². The van der Waals surface area contributed by atoms with E-state index in [2.05, 4.69) is 72.7 Å². The van der Waals surface area contributed by atoms with E-state index in [1.165, 1.54) is 0 Å². The van der Waals surface area contributed by atoms with Crippen molar-refractivity contribution in [3.63, 3.8) is 0 Å².